The summed E-state index contributed by atoms with van der Waals surface area (Å²) in [6.45, 7) is 10.3. The van der Waals surface area contributed by atoms with Gasteiger partial charge >= 0.3 is 0 Å². The van der Waals surface area contributed by atoms with Crippen molar-refractivity contribution in [3.8, 4) is 0 Å². The van der Waals surface area contributed by atoms with Gasteiger partial charge in [-0.2, -0.15) is 0 Å². The molecule has 4 heterocycles. The Labute approximate surface area is 151 Å². The molecule has 0 N–H and O–H groups in total. The molecular weight excluding hydrogens is 312 g/mol. The van der Waals surface area contributed by atoms with Gasteiger partial charge in [0.1, 0.15) is 0 Å². The first-order chi connectivity index (χ1) is 12.2. The lowest BCUT2D eigenvalue weighted by atomic mass is 10.2. The Morgan fingerprint density at radius 1 is 1.00 bits per heavy atom. The Kier molecular flexibility index (Phi) is 5.08. The maximum atomic E-state index is 4.75. The van der Waals surface area contributed by atoms with E-state index in [4.69, 9.17) is 9.97 Å². The Balaban J connectivity index is 1.37. The van der Waals surface area contributed by atoms with Gasteiger partial charge in [-0.15, -0.1) is 0 Å². The first-order valence-corrected chi connectivity index (χ1v) is 10.0. The summed E-state index contributed by atoms with van der Waals surface area (Å²) in [6, 6.07) is 1.19. The normalized spacial score (nSPS) is 27.9. The van der Waals surface area contributed by atoms with Gasteiger partial charge in [0.05, 0.1) is 18.1 Å². The highest BCUT2D eigenvalue weighted by Gasteiger charge is 2.40. The monoisotopic (exact) mass is 344 g/mol. The van der Waals surface area contributed by atoms with E-state index in [2.05, 4.69) is 33.6 Å². The van der Waals surface area contributed by atoms with Gasteiger partial charge in [0, 0.05) is 51.4 Å². The van der Waals surface area contributed by atoms with Crippen molar-refractivity contribution in [3.63, 3.8) is 0 Å². The fourth-order valence-electron chi connectivity index (χ4n) is 4.66. The zero-order chi connectivity index (χ0) is 17.2. The number of fused-ring (bicyclic) bond motifs is 2. The quantitative estimate of drug-likeness (QED) is 0.809. The number of hydrogen-bond donors (Lipinski definition) is 0. The van der Waals surface area contributed by atoms with Gasteiger partial charge in [0.2, 0.25) is 5.95 Å². The molecule has 2 atom stereocenters. The molecule has 2 unspecified atom stereocenters. The third-order valence-electron chi connectivity index (χ3n) is 6.09. The zero-order valence-electron chi connectivity index (χ0n) is 15.8. The molecule has 1 aromatic rings. The van der Waals surface area contributed by atoms with E-state index >= 15 is 0 Å². The van der Waals surface area contributed by atoms with Crippen LogP contribution in [0.25, 0.3) is 0 Å². The van der Waals surface area contributed by atoms with Crippen LogP contribution in [0.4, 0.5) is 11.6 Å². The molecule has 0 saturated carbocycles. The van der Waals surface area contributed by atoms with Crippen molar-refractivity contribution in [2.75, 3.05) is 62.7 Å². The number of hydrogen-bond acceptors (Lipinski definition) is 6. The van der Waals surface area contributed by atoms with Gasteiger partial charge < -0.3 is 14.7 Å². The maximum Gasteiger partial charge on any atom is 0.225 e. The molecule has 0 radical (unpaired) electrons. The van der Waals surface area contributed by atoms with Crippen molar-refractivity contribution >= 4 is 11.6 Å². The van der Waals surface area contributed by atoms with Crippen LogP contribution in [-0.4, -0.2) is 84.7 Å². The molecule has 0 spiro atoms. The molecule has 2 bridgehead atoms. The molecule has 3 aliphatic rings. The van der Waals surface area contributed by atoms with E-state index in [1.54, 1.807) is 0 Å². The third kappa shape index (κ3) is 3.60. The summed E-state index contributed by atoms with van der Waals surface area (Å²) in [7, 11) is 2.23. The lowest BCUT2D eigenvalue weighted by Gasteiger charge is -2.39. The number of nitrogens with zero attached hydrogens (tertiary/aromatic N) is 6. The van der Waals surface area contributed by atoms with Crippen LogP contribution < -0.4 is 9.80 Å². The topological polar surface area (TPSA) is 38.7 Å². The highest BCUT2D eigenvalue weighted by molar-refractivity contribution is 5.47. The van der Waals surface area contributed by atoms with Crippen molar-refractivity contribution in [1.29, 1.82) is 0 Å². The van der Waals surface area contributed by atoms with Gasteiger partial charge in [-0.25, -0.2) is 9.97 Å². The van der Waals surface area contributed by atoms with Crippen LogP contribution >= 0.6 is 0 Å². The summed E-state index contributed by atoms with van der Waals surface area (Å²) in [6.07, 6.45) is 9.23. The van der Waals surface area contributed by atoms with Gasteiger partial charge in [-0.3, -0.25) is 4.90 Å². The maximum absolute atomic E-state index is 4.75. The Morgan fingerprint density at radius 2 is 1.64 bits per heavy atom. The first kappa shape index (κ1) is 17.0. The third-order valence-corrected chi connectivity index (χ3v) is 6.09. The zero-order valence-corrected chi connectivity index (χ0v) is 15.8. The van der Waals surface area contributed by atoms with E-state index in [0.717, 1.165) is 45.2 Å². The molecule has 3 aliphatic heterocycles. The number of likely N-dealkylation sites (N-methyl/N-ethyl adjacent to an activating group) is 1. The summed E-state index contributed by atoms with van der Waals surface area (Å²) in [5.74, 6) is 0.936. The molecule has 0 aliphatic carbocycles. The number of anilines is 2. The second-order valence-electron chi connectivity index (χ2n) is 7.94. The molecule has 6 nitrogen and oxygen atoms in total. The standard InChI is InChI=1S/C19H32N6/c1-3-4-7-23-8-10-24(11-9-23)18-12-20-19(21-13-18)25-16-5-6-17(25)15-22(2)14-16/h12-13,16-17H,3-11,14-15H2,1-2H3. The predicted octanol–water partition coefficient (Wildman–Crippen LogP) is 1.68. The lowest BCUT2D eigenvalue weighted by Crippen LogP contribution is -2.53. The highest BCUT2D eigenvalue weighted by Crippen LogP contribution is 2.32. The van der Waals surface area contributed by atoms with Crippen molar-refractivity contribution in [2.45, 2.75) is 44.7 Å². The Morgan fingerprint density at radius 3 is 2.24 bits per heavy atom. The largest absolute Gasteiger partial charge is 0.366 e. The Hall–Kier alpha value is -1.40. The number of rotatable bonds is 5. The smallest absolute Gasteiger partial charge is 0.225 e. The van der Waals surface area contributed by atoms with E-state index in [0.29, 0.717) is 12.1 Å². The minimum atomic E-state index is 0.594. The second kappa shape index (κ2) is 7.46. The van der Waals surface area contributed by atoms with Crippen LogP contribution in [0, 0.1) is 0 Å². The molecule has 3 fully saturated rings. The highest BCUT2D eigenvalue weighted by atomic mass is 15.4. The number of unbranched alkanes of at least 4 members (excludes halogenated alkanes) is 1. The fourth-order valence-corrected chi connectivity index (χ4v) is 4.66. The summed E-state index contributed by atoms with van der Waals surface area (Å²) in [5, 5.41) is 0. The van der Waals surface area contributed by atoms with Crippen LogP contribution in [0.5, 0.6) is 0 Å². The van der Waals surface area contributed by atoms with Gasteiger partial charge in [0.15, 0.2) is 0 Å². The SMILES string of the molecule is CCCCN1CCN(c2cnc(N3C4CCC3CN(C)C4)nc2)CC1. The minimum absolute atomic E-state index is 0.594. The minimum Gasteiger partial charge on any atom is -0.366 e. The number of likely N-dealkylation sites (tertiary alicyclic amines) is 1. The molecule has 3 saturated heterocycles. The Bertz CT molecular complexity index is 540. The lowest BCUT2D eigenvalue weighted by molar-refractivity contribution is 0.254. The number of piperazine rings is 2. The summed E-state index contributed by atoms with van der Waals surface area (Å²) in [5.41, 5.74) is 1.18. The first-order valence-electron chi connectivity index (χ1n) is 10.0. The van der Waals surface area contributed by atoms with Crippen molar-refractivity contribution in [3.05, 3.63) is 12.4 Å². The van der Waals surface area contributed by atoms with Crippen LogP contribution in [0.2, 0.25) is 0 Å². The molecule has 25 heavy (non-hydrogen) atoms. The van der Waals surface area contributed by atoms with E-state index in [1.807, 2.05) is 12.4 Å². The van der Waals surface area contributed by atoms with E-state index in [9.17, 15) is 0 Å². The van der Waals surface area contributed by atoms with Gasteiger partial charge in [-0.1, -0.05) is 13.3 Å². The van der Waals surface area contributed by atoms with Gasteiger partial charge in [0.25, 0.3) is 0 Å². The van der Waals surface area contributed by atoms with E-state index in [1.165, 1.54) is 37.9 Å². The molecule has 4 rings (SSSR count). The molecule has 138 valence electrons. The fraction of sp³-hybridized carbons (Fsp3) is 0.789. The molecule has 6 heteroatoms. The number of aromatic nitrogens is 2. The molecule has 0 aromatic carbocycles. The second-order valence-corrected chi connectivity index (χ2v) is 7.94. The molecule has 0 amide bonds. The summed E-state index contributed by atoms with van der Waals surface area (Å²) >= 11 is 0. The average molecular weight is 345 g/mol. The van der Waals surface area contributed by atoms with E-state index in [-0.39, 0.29) is 0 Å². The predicted molar refractivity (Wildman–Crippen MR) is 102 cm³/mol. The summed E-state index contributed by atoms with van der Waals surface area (Å²) < 4.78 is 0. The van der Waals surface area contributed by atoms with Crippen LogP contribution in [0.15, 0.2) is 12.4 Å². The molecule has 1 aromatic heterocycles. The van der Waals surface area contributed by atoms with Gasteiger partial charge in [-0.05, 0) is 32.9 Å². The molecular formula is C19H32N6. The average Bonchev–Trinajstić information content (AvgIpc) is 2.92. The van der Waals surface area contributed by atoms with Crippen molar-refractivity contribution in [1.82, 2.24) is 19.8 Å². The van der Waals surface area contributed by atoms with Crippen molar-refractivity contribution in [2.24, 2.45) is 0 Å². The summed E-state index contributed by atoms with van der Waals surface area (Å²) in [4.78, 5) is 19.5. The van der Waals surface area contributed by atoms with E-state index < -0.39 is 0 Å². The van der Waals surface area contributed by atoms with Crippen LogP contribution in [0.3, 0.4) is 0 Å². The van der Waals surface area contributed by atoms with Crippen LogP contribution in [0.1, 0.15) is 32.6 Å². The van der Waals surface area contributed by atoms with Crippen molar-refractivity contribution < 1.29 is 0 Å². The van der Waals surface area contributed by atoms with Crippen LogP contribution in [-0.2, 0) is 0 Å².